The van der Waals surface area contributed by atoms with Gasteiger partial charge in [0.05, 0.1) is 5.02 Å². The van der Waals surface area contributed by atoms with Crippen molar-refractivity contribution >= 4 is 23.4 Å². The van der Waals surface area contributed by atoms with Crippen LogP contribution in [-0.2, 0) is 6.54 Å². The van der Waals surface area contributed by atoms with E-state index in [1.165, 1.54) is 0 Å². The van der Waals surface area contributed by atoms with Gasteiger partial charge in [0, 0.05) is 17.0 Å². The van der Waals surface area contributed by atoms with Gasteiger partial charge in [0.2, 0.25) is 0 Å². The van der Waals surface area contributed by atoms with E-state index in [9.17, 15) is 0 Å². The molecule has 2 N–H and O–H groups in total. The average molecular weight is 294 g/mol. The highest BCUT2D eigenvalue weighted by molar-refractivity contribution is 7.99. The second-order valence-electron chi connectivity index (χ2n) is 3.90. The molecule has 0 amide bonds. The molecule has 0 spiro atoms. The van der Waals surface area contributed by atoms with Gasteiger partial charge < -0.3 is 10.5 Å². The molecule has 0 fully saturated rings. The molecule has 0 saturated carbocycles. The average Bonchev–Trinajstić information content (AvgIpc) is 2.42. The molecule has 0 unspecified atom stereocenters. The van der Waals surface area contributed by atoms with Crippen LogP contribution in [-0.4, -0.2) is 5.75 Å². The van der Waals surface area contributed by atoms with E-state index < -0.39 is 0 Å². The third-order valence-electron chi connectivity index (χ3n) is 2.65. The Hall–Kier alpha value is -1.16. The monoisotopic (exact) mass is 293 g/mol. The Labute approximate surface area is 122 Å². The number of para-hydroxylation sites is 1. The van der Waals surface area contributed by atoms with E-state index in [2.05, 4.69) is 13.0 Å². The standard InChI is InChI=1S/C15H16ClNOS/c1-2-19-15-9-5-8-13(11(15)10-17)18-14-7-4-3-6-12(14)16/h3-9H,2,10,17H2,1H3. The summed E-state index contributed by atoms with van der Waals surface area (Å²) in [6.07, 6.45) is 0. The first-order valence-corrected chi connectivity index (χ1v) is 7.49. The maximum Gasteiger partial charge on any atom is 0.146 e. The molecule has 0 saturated heterocycles. The summed E-state index contributed by atoms with van der Waals surface area (Å²) in [6, 6.07) is 13.4. The Morgan fingerprint density at radius 1 is 1.11 bits per heavy atom. The Balaban J connectivity index is 2.35. The maximum absolute atomic E-state index is 6.11. The fraction of sp³-hybridized carbons (Fsp3) is 0.200. The van der Waals surface area contributed by atoms with Crippen LogP contribution in [0.5, 0.6) is 11.5 Å². The molecule has 100 valence electrons. The molecule has 4 heteroatoms. The van der Waals surface area contributed by atoms with E-state index in [-0.39, 0.29) is 0 Å². The first-order chi connectivity index (χ1) is 9.26. The van der Waals surface area contributed by atoms with Crippen LogP contribution < -0.4 is 10.5 Å². The summed E-state index contributed by atoms with van der Waals surface area (Å²) in [7, 11) is 0. The van der Waals surface area contributed by atoms with Crippen LogP contribution in [0.4, 0.5) is 0 Å². The molecule has 2 nitrogen and oxygen atoms in total. The number of nitrogens with two attached hydrogens (primary N) is 1. The summed E-state index contributed by atoms with van der Waals surface area (Å²) in [5.41, 5.74) is 6.87. The minimum Gasteiger partial charge on any atom is -0.455 e. The molecule has 19 heavy (non-hydrogen) atoms. The van der Waals surface area contributed by atoms with Crippen molar-refractivity contribution < 1.29 is 4.74 Å². The Kier molecular flexibility index (Phi) is 5.14. The van der Waals surface area contributed by atoms with Crippen LogP contribution in [0.25, 0.3) is 0 Å². The van der Waals surface area contributed by atoms with Crippen LogP contribution in [0.1, 0.15) is 12.5 Å². The molecule has 0 radical (unpaired) electrons. The predicted molar refractivity (Wildman–Crippen MR) is 82.3 cm³/mol. The maximum atomic E-state index is 6.11. The molecular weight excluding hydrogens is 278 g/mol. The van der Waals surface area contributed by atoms with E-state index >= 15 is 0 Å². The number of ether oxygens (including phenoxy) is 1. The molecule has 2 rings (SSSR count). The highest BCUT2D eigenvalue weighted by Crippen LogP contribution is 2.35. The van der Waals surface area contributed by atoms with Crippen molar-refractivity contribution in [3.05, 3.63) is 53.1 Å². The second kappa shape index (κ2) is 6.85. The van der Waals surface area contributed by atoms with Crippen LogP contribution in [0, 0.1) is 0 Å². The van der Waals surface area contributed by atoms with Gasteiger partial charge >= 0.3 is 0 Å². The molecule has 0 aliphatic heterocycles. The molecule has 0 bridgehead atoms. The Morgan fingerprint density at radius 3 is 2.53 bits per heavy atom. The summed E-state index contributed by atoms with van der Waals surface area (Å²) in [4.78, 5) is 1.16. The number of hydrogen-bond donors (Lipinski definition) is 1. The van der Waals surface area contributed by atoms with Gasteiger partial charge in [0.15, 0.2) is 0 Å². The first-order valence-electron chi connectivity index (χ1n) is 6.13. The molecule has 0 aromatic heterocycles. The highest BCUT2D eigenvalue weighted by Gasteiger charge is 2.10. The normalized spacial score (nSPS) is 10.5. The van der Waals surface area contributed by atoms with Gasteiger partial charge in [0.25, 0.3) is 0 Å². The zero-order valence-electron chi connectivity index (χ0n) is 10.7. The van der Waals surface area contributed by atoms with Gasteiger partial charge in [-0.05, 0) is 30.0 Å². The summed E-state index contributed by atoms with van der Waals surface area (Å²) in [5.74, 6) is 2.43. The molecule has 0 atom stereocenters. The van der Waals surface area contributed by atoms with E-state index in [0.29, 0.717) is 17.3 Å². The Bertz CT molecular complexity index is 560. The summed E-state index contributed by atoms with van der Waals surface area (Å²) < 4.78 is 5.89. The molecule has 2 aromatic carbocycles. The third kappa shape index (κ3) is 3.44. The van der Waals surface area contributed by atoms with E-state index in [1.54, 1.807) is 11.8 Å². The molecule has 2 aromatic rings. The van der Waals surface area contributed by atoms with Crippen LogP contribution in [0.3, 0.4) is 0 Å². The van der Waals surface area contributed by atoms with Crippen molar-refractivity contribution in [2.75, 3.05) is 5.75 Å². The number of halogens is 1. The van der Waals surface area contributed by atoms with Gasteiger partial charge in [0.1, 0.15) is 11.5 Å². The summed E-state index contributed by atoms with van der Waals surface area (Å²) >= 11 is 7.87. The molecule has 0 heterocycles. The number of hydrogen-bond acceptors (Lipinski definition) is 3. The zero-order chi connectivity index (χ0) is 13.7. The third-order valence-corrected chi connectivity index (χ3v) is 3.95. The fourth-order valence-electron chi connectivity index (χ4n) is 1.78. The van der Waals surface area contributed by atoms with Crippen LogP contribution >= 0.6 is 23.4 Å². The topological polar surface area (TPSA) is 35.2 Å². The SMILES string of the molecule is CCSc1cccc(Oc2ccccc2Cl)c1CN. The van der Waals surface area contributed by atoms with Gasteiger partial charge in [-0.25, -0.2) is 0 Å². The summed E-state index contributed by atoms with van der Waals surface area (Å²) in [5, 5.41) is 0.596. The van der Waals surface area contributed by atoms with Crippen molar-refractivity contribution in [1.82, 2.24) is 0 Å². The van der Waals surface area contributed by atoms with Crippen molar-refractivity contribution in [2.24, 2.45) is 5.73 Å². The van der Waals surface area contributed by atoms with Crippen LogP contribution in [0.2, 0.25) is 5.02 Å². The van der Waals surface area contributed by atoms with Gasteiger partial charge in [-0.2, -0.15) is 0 Å². The molecule has 0 aliphatic rings. The number of thioether (sulfide) groups is 1. The predicted octanol–water partition coefficient (Wildman–Crippen LogP) is 4.70. The smallest absolute Gasteiger partial charge is 0.146 e. The largest absolute Gasteiger partial charge is 0.455 e. The second-order valence-corrected chi connectivity index (χ2v) is 5.62. The van der Waals surface area contributed by atoms with Gasteiger partial charge in [-0.3, -0.25) is 0 Å². The van der Waals surface area contributed by atoms with Crippen molar-refractivity contribution in [3.8, 4) is 11.5 Å². The number of benzene rings is 2. The van der Waals surface area contributed by atoms with E-state index in [1.807, 2.05) is 36.4 Å². The Morgan fingerprint density at radius 2 is 1.84 bits per heavy atom. The van der Waals surface area contributed by atoms with E-state index in [0.717, 1.165) is 22.0 Å². The fourth-order valence-corrected chi connectivity index (χ4v) is 2.80. The lowest BCUT2D eigenvalue weighted by Gasteiger charge is -2.14. The quantitative estimate of drug-likeness (QED) is 0.811. The van der Waals surface area contributed by atoms with Crippen LogP contribution in [0.15, 0.2) is 47.4 Å². The first kappa shape index (κ1) is 14.3. The zero-order valence-corrected chi connectivity index (χ0v) is 12.3. The molecular formula is C15H16ClNOS. The summed E-state index contributed by atoms with van der Waals surface area (Å²) in [6.45, 7) is 2.56. The van der Waals surface area contributed by atoms with Gasteiger partial charge in [-0.15, -0.1) is 11.8 Å². The van der Waals surface area contributed by atoms with Crippen molar-refractivity contribution in [3.63, 3.8) is 0 Å². The minimum absolute atomic E-state index is 0.447. The lowest BCUT2D eigenvalue weighted by Crippen LogP contribution is -2.01. The molecule has 0 aliphatic carbocycles. The number of rotatable bonds is 5. The lowest BCUT2D eigenvalue weighted by atomic mass is 10.2. The highest BCUT2D eigenvalue weighted by atomic mass is 35.5. The van der Waals surface area contributed by atoms with Crippen molar-refractivity contribution in [1.29, 1.82) is 0 Å². The van der Waals surface area contributed by atoms with Gasteiger partial charge in [-0.1, -0.05) is 36.7 Å². The van der Waals surface area contributed by atoms with E-state index in [4.69, 9.17) is 22.1 Å². The van der Waals surface area contributed by atoms with Crippen molar-refractivity contribution in [2.45, 2.75) is 18.4 Å². The minimum atomic E-state index is 0.447. The lowest BCUT2D eigenvalue weighted by molar-refractivity contribution is 0.474.